The lowest BCUT2D eigenvalue weighted by molar-refractivity contribution is 0.476. The topological polar surface area (TPSA) is 41.6 Å². The number of thioether (sulfide) groups is 1. The Labute approximate surface area is 95.5 Å². The van der Waals surface area contributed by atoms with E-state index in [0.29, 0.717) is 5.92 Å². The van der Waals surface area contributed by atoms with Gasteiger partial charge in [0.2, 0.25) is 0 Å². The monoisotopic (exact) mass is 225 g/mol. The predicted octanol–water partition coefficient (Wildman–Crippen LogP) is 2.61. The Bertz CT molecular complexity index is 303. The lowest BCUT2D eigenvalue weighted by Crippen LogP contribution is -2.13. The Kier molecular flexibility index (Phi) is 3.67. The van der Waals surface area contributed by atoms with E-state index >= 15 is 0 Å². The summed E-state index contributed by atoms with van der Waals surface area (Å²) in [5.41, 5.74) is 0. The van der Waals surface area contributed by atoms with Gasteiger partial charge in [0.05, 0.1) is 0 Å². The minimum atomic E-state index is 0.428. The van der Waals surface area contributed by atoms with Crippen molar-refractivity contribution in [3.8, 4) is 0 Å². The predicted molar refractivity (Wildman–Crippen MR) is 64.2 cm³/mol. The normalized spacial score (nSPS) is 18.6. The Morgan fingerprint density at radius 3 is 2.73 bits per heavy atom. The molecule has 1 saturated heterocycles. The van der Waals surface area contributed by atoms with Gasteiger partial charge in [-0.1, -0.05) is 13.8 Å². The zero-order valence-electron chi connectivity index (χ0n) is 9.49. The summed E-state index contributed by atoms with van der Waals surface area (Å²) in [5.74, 6) is 5.91. The van der Waals surface area contributed by atoms with Crippen LogP contribution in [0.25, 0.3) is 0 Å². The first kappa shape index (κ1) is 11.0. The highest BCUT2D eigenvalue weighted by molar-refractivity contribution is 7.99. The lowest BCUT2D eigenvalue weighted by Gasteiger charge is -2.19. The number of hydrogen-bond donors (Lipinski definition) is 1. The third-order valence-corrected chi connectivity index (χ3v) is 3.94. The zero-order chi connectivity index (χ0) is 10.7. The van der Waals surface area contributed by atoms with Crippen LogP contribution in [0.15, 0.2) is 0 Å². The average molecular weight is 225 g/mol. The van der Waals surface area contributed by atoms with Crippen LogP contribution in [0.1, 0.15) is 44.3 Å². The van der Waals surface area contributed by atoms with Crippen LogP contribution in [0.2, 0.25) is 0 Å². The summed E-state index contributed by atoms with van der Waals surface area (Å²) >= 11 is 2.07. The van der Waals surface area contributed by atoms with E-state index in [9.17, 15) is 0 Å². The second-order valence-corrected chi connectivity index (χ2v) is 5.78. The van der Waals surface area contributed by atoms with Crippen molar-refractivity contribution < 1.29 is 0 Å². The van der Waals surface area contributed by atoms with Gasteiger partial charge < -0.3 is 0 Å². The molecule has 0 saturated carbocycles. The molecular weight excluding hydrogens is 206 g/mol. The molecule has 0 unspecified atom stereocenters. The van der Waals surface area contributed by atoms with Crippen LogP contribution in [0.4, 0.5) is 0 Å². The summed E-state index contributed by atoms with van der Waals surface area (Å²) in [4.78, 5) is 4.53. The summed E-state index contributed by atoms with van der Waals surface area (Å²) in [5, 5.41) is 7.31. The number of H-pyrrole nitrogens is 1. The van der Waals surface area contributed by atoms with Gasteiger partial charge in [0.25, 0.3) is 0 Å². The van der Waals surface area contributed by atoms with E-state index in [4.69, 9.17) is 0 Å². The molecule has 0 bridgehead atoms. The number of aromatic amines is 1. The molecule has 15 heavy (non-hydrogen) atoms. The van der Waals surface area contributed by atoms with Gasteiger partial charge in [-0.3, -0.25) is 5.10 Å². The van der Waals surface area contributed by atoms with Crippen LogP contribution in [-0.2, 0) is 6.42 Å². The lowest BCUT2D eigenvalue weighted by atomic mass is 9.99. The van der Waals surface area contributed by atoms with Crippen molar-refractivity contribution >= 4 is 11.8 Å². The summed E-state index contributed by atoms with van der Waals surface area (Å²) in [6.07, 6.45) is 3.75. The van der Waals surface area contributed by atoms with Crippen LogP contribution in [-0.4, -0.2) is 26.7 Å². The molecule has 2 rings (SSSR count). The second kappa shape index (κ2) is 5.01. The first-order valence-corrected chi connectivity index (χ1v) is 6.90. The van der Waals surface area contributed by atoms with Gasteiger partial charge in [0.15, 0.2) is 5.82 Å². The van der Waals surface area contributed by atoms with Gasteiger partial charge >= 0.3 is 0 Å². The van der Waals surface area contributed by atoms with Crippen molar-refractivity contribution in [3.63, 3.8) is 0 Å². The van der Waals surface area contributed by atoms with Gasteiger partial charge in [-0.15, -0.1) is 0 Å². The van der Waals surface area contributed by atoms with Crippen molar-refractivity contribution in [2.45, 2.75) is 39.0 Å². The fourth-order valence-corrected chi connectivity index (χ4v) is 3.09. The maximum Gasteiger partial charge on any atom is 0.153 e. The summed E-state index contributed by atoms with van der Waals surface area (Å²) < 4.78 is 0. The summed E-state index contributed by atoms with van der Waals surface area (Å²) in [6.45, 7) is 4.26. The van der Waals surface area contributed by atoms with Gasteiger partial charge in [-0.05, 0) is 30.3 Å². The molecular formula is C11H19N3S. The molecule has 1 aliphatic rings. The molecule has 1 aromatic heterocycles. The molecule has 0 aliphatic carbocycles. The van der Waals surface area contributed by atoms with E-state index in [2.05, 4.69) is 40.8 Å². The molecule has 84 valence electrons. The first-order valence-electron chi connectivity index (χ1n) is 5.74. The standard InChI is InChI=1S/C11H19N3S/c1-8(2)11-12-10(13-14-11)7-9-3-5-15-6-4-9/h8-9H,3-7H2,1-2H3,(H,12,13,14). The van der Waals surface area contributed by atoms with Crippen LogP contribution in [0.3, 0.4) is 0 Å². The molecule has 1 aliphatic heterocycles. The van der Waals surface area contributed by atoms with E-state index < -0.39 is 0 Å². The Hall–Kier alpha value is -0.510. The van der Waals surface area contributed by atoms with Crippen LogP contribution < -0.4 is 0 Å². The van der Waals surface area contributed by atoms with E-state index in [0.717, 1.165) is 24.0 Å². The summed E-state index contributed by atoms with van der Waals surface area (Å²) in [6, 6.07) is 0. The highest BCUT2D eigenvalue weighted by Gasteiger charge is 2.16. The highest BCUT2D eigenvalue weighted by atomic mass is 32.2. The van der Waals surface area contributed by atoms with Gasteiger partial charge in [0.1, 0.15) is 5.82 Å². The molecule has 4 heteroatoms. The fourth-order valence-electron chi connectivity index (χ4n) is 1.88. The first-order chi connectivity index (χ1) is 7.25. The van der Waals surface area contributed by atoms with Crippen molar-refractivity contribution in [1.82, 2.24) is 15.2 Å². The molecule has 0 radical (unpaired) electrons. The largest absolute Gasteiger partial charge is 0.263 e. The van der Waals surface area contributed by atoms with Gasteiger partial charge in [0, 0.05) is 12.3 Å². The number of rotatable bonds is 3. The van der Waals surface area contributed by atoms with Gasteiger partial charge in [-0.2, -0.15) is 16.9 Å². The summed E-state index contributed by atoms with van der Waals surface area (Å²) in [7, 11) is 0. The van der Waals surface area contributed by atoms with Crippen molar-refractivity contribution in [1.29, 1.82) is 0 Å². The minimum absolute atomic E-state index is 0.428. The molecule has 1 fully saturated rings. The number of hydrogen-bond acceptors (Lipinski definition) is 3. The Morgan fingerprint density at radius 1 is 1.40 bits per heavy atom. The molecule has 2 heterocycles. The second-order valence-electron chi connectivity index (χ2n) is 4.55. The van der Waals surface area contributed by atoms with Crippen molar-refractivity contribution in [2.24, 2.45) is 5.92 Å². The van der Waals surface area contributed by atoms with E-state index in [-0.39, 0.29) is 0 Å². The Morgan fingerprint density at radius 2 is 2.13 bits per heavy atom. The van der Waals surface area contributed by atoms with Crippen molar-refractivity contribution in [2.75, 3.05) is 11.5 Å². The van der Waals surface area contributed by atoms with Gasteiger partial charge in [-0.25, -0.2) is 4.98 Å². The Balaban J connectivity index is 1.91. The molecule has 1 N–H and O–H groups in total. The molecule has 0 amide bonds. The fraction of sp³-hybridized carbons (Fsp3) is 0.818. The maximum atomic E-state index is 4.53. The van der Waals surface area contributed by atoms with Crippen molar-refractivity contribution in [3.05, 3.63) is 11.6 Å². The molecule has 3 nitrogen and oxygen atoms in total. The molecule has 0 aromatic carbocycles. The maximum absolute atomic E-state index is 4.53. The van der Waals surface area contributed by atoms with Crippen LogP contribution in [0.5, 0.6) is 0 Å². The SMILES string of the molecule is CC(C)c1n[nH]c(CC2CCSCC2)n1. The molecule has 1 aromatic rings. The van der Waals surface area contributed by atoms with Crippen LogP contribution in [0, 0.1) is 5.92 Å². The number of nitrogens with one attached hydrogen (secondary N) is 1. The number of nitrogens with zero attached hydrogens (tertiary/aromatic N) is 2. The highest BCUT2D eigenvalue weighted by Crippen LogP contribution is 2.25. The molecule has 0 atom stereocenters. The molecule has 0 spiro atoms. The zero-order valence-corrected chi connectivity index (χ0v) is 10.3. The third kappa shape index (κ3) is 2.97. The smallest absolute Gasteiger partial charge is 0.153 e. The average Bonchev–Trinajstić information content (AvgIpc) is 2.68. The quantitative estimate of drug-likeness (QED) is 0.859. The van der Waals surface area contributed by atoms with E-state index in [1.165, 1.54) is 24.3 Å². The van der Waals surface area contributed by atoms with E-state index in [1.807, 2.05) is 0 Å². The number of aromatic nitrogens is 3. The van der Waals surface area contributed by atoms with Crippen LogP contribution >= 0.6 is 11.8 Å². The minimum Gasteiger partial charge on any atom is -0.263 e. The third-order valence-electron chi connectivity index (χ3n) is 2.89. The van der Waals surface area contributed by atoms with E-state index in [1.54, 1.807) is 0 Å².